The van der Waals surface area contributed by atoms with Crippen LogP contribution in [0, 0.1) is 20.2 Å². The number of nitro groups is 2. The fourth-order valence-corrected chi connectivity index (χ4v) is 2.43. The van der Waals surface area contributed by atoms with Gasteiger partial charge in [-0.15, -0.1) is 0 Å². The molecule has 0 radical (unpaired) electrons. The molecular weight excluding hydrogens is 380 g/mol. The van der Waals surface area contributed by atoms with Gasteiger partial charge in [0, 0.05) is 10.5 Å². The summed E-state index contributed by atoms with van der Waals surface area (Å²) < 4.78 is 19.5. The van der Waals surface area contributed by atoms with Crippen molar-refractivity contribution in [1.29, 1.82) is 0 Å². The van der Waals surface area contributed by atoms with E-state index in [1.807, 2.05) is 0 Å². The van der Waals surface area contributed by atoms with E-state index < -0.39 is 39.9 Å². The highest BCUT2D eigenvalue weighted by molar-refractivity contribution is 5.95. The van der Waals surface area contributed by atoms with Crippen LogP contribution in [-0.2, 0) is 19.1 Å². The monoisotopic (exact) mass is 396 g/mol. The van der Waals surface area contributed by atoms with Crippen molar-refractivity contribution in [2.45, 2.75) is 19.4 Å². The highest BCUT2D eigenvalue weighted by atomic mass is 16.7. The molecule has 0 aromatic heterocycles. The summed E-state index contributed by atoms with van der Waals surface area (Å²) in [6, 6.07) is 0.493. The highest BCUT2D eigenvalue weighted by Gasteiger charge is 2.35. The zero-order chi connectivity index (χ0) is 20.8. The van der Waals surface area contributed by atoms with E-state index in [0.717, 1.165) is 19.3 Å². The van der Waals surface area contributed by atoms with Gasteiger partial charge in [-0.1, -0.05) is 0 Å². The van der Waals surface area contributed by atoms with E-state index in [0.29, 0.717) is 0 Å². The number of hydrogen-bond donors (Lipinski definition) is 0. The normalized spacial score (nSPS) is 13.6. The Hall–Kier alpha value is -3.70. The van der Waals surface area contributed by atoms with Crippen LogP contribution >= 0.6 is 0 Å². The number of nitro benzene ring substituents is 1. The molecule has 0 fully saturated rings. The molecule has 12 nitrogen and oxygen atoms in total. The highest BCUT2D eigenvalue weighted by Crippen LogP contribution is 2.39. The summed E-state index contributed by atoms with van der Waals surface area (Å²) in [5.41, 5.74) is -0.806. The van der Waals surface area contributed by atoms with Crippen molar-refractivity contribution in [3.05, 3.63) is 43.5 Å². The molecule has 1 atom stereocenters. The summed E-state index contributed by atoms with van der Waals surface area (Å²) in [5.74, 6) is -1.76. The molecule has 0 saturated heterocycles. The summed E-state index contributed by atoms with van der Waals surface area (Å²) in [6.45, 7) is 1.26. The van der Waals surface area contributed by atoms with Crippen molar-refractivity contribution < 1.29 is 38.4 Å². The lowest BCUT2D eigenvalue weighted by atomic mass is 10.0. The number of fused-ring (bicyclic) bond motifs is 1. The van der Waals surface area contributed by atoms with E-state index in [2.05, 4.69) is 9.47 Å². The first-order chi connectivity index (χ1) is 13.3. The SMILES string of the molecule is CCOC(=O)C(C/C(=C\c1cc2c(cc1[N+](=O)[O-])OCO2)C(=O)OC)[N+](=O)[O-]. The fourth-order valence-electron chi connectivity index (χ4n) is 2.43. The van der Waals surface area contributed by atoms with Crippen LogP contribution in [0.4, 0.5) is 5.69 Å². The van der Waals surface area contributed by atoms with Crippen molar-refractivity contribution in [2.24, 2.45) is 0 Å². The Labute approximate surface area is 157 Å². The van der Waals surface area contributed by atoms with Crippen molar-refractivity contribution in [3.8, 4) is 11.5 Å². The molecule has 150 valence electrons. The maximum absolute atomic E-state index is 12.1. The topological polar surface area (TPSA) is 157 Å². The van der Waals surface area contributed by atoms with Gasteiger partial charge < -0.3 is 18.9 Å². The molecule has 1 heterocycles. The van der Waals surface area contributed by atoms with Gasteiger partial charge in [0.2, 0.25) is 6.79 Å². The zero-order valence-electron chi connectivity index (χ0n) is 14.9. The molecule has 1 aliphatic rings. The van der Waals surface area contributed by atoms with Crippen molar-refractivity contribution in [3.63, 3.8) is 0 Å². The third-order valence-corrected chi connectivity index (χ3v) is 3.72. The number of carbonyl (C=O) groups excluding carboxylic acids is 2. The Balaban J connectivity index is 2.49. The smallest absolute Gasteiger partial charge is 0.382 e. The fraction of sp³-hybridized carbons (Fsp3) is 0.375. The molecule has 28 heavy (non-hydrogen) atoms. The molecule has 1 aromatic carbocycles. The number of ether oxygens (including phenoxy) is 4. The third-order valence-electron chi connectivity index (χ3n) is 3.72. The van der Waals surface area contributed by atoms with Crippen LogP contribution in [0.2, 0.25) is 0 Å². The first kappa shape index (κ1) is 20.6. The molecule has 1 unspecified atom stereocenters. The van der Waals surface area contributed by atoms with E-state index in [9.17, 15) is 29.8 Å². The third kappa shape index (κ3) is 4.52. The van der Waals surface area contributed by atoms with E-state index >= 15 is 0 Å². The molecule has 0 N–H and O–H groups in total. The molecule has 0 spiro atoms. The standard InChI is InChI=1S/C16H16N2O10/c1-3-26-16(20)12(18(23)24)5-10(15(19)25-2)4-9-6-13-14(28-8-27-13)7-11(9)17(21)22/h4,6-7,12H,3,5,8H2,1-2H3/b10-4+. The largest absolute Gasteiger partial charge is 0.466 e. The van der Waals surface area contributed by atoms with Crippen molar-refractivity contribution in [1.82, 2.24) is 0 Å². The predicted octanol–water partition coefficient (Wildman–Crippen LogP) is 1.48. The lowest BCUT2D eigenvalue weighted by molar-refractivity contribution is -0.509. The second-order valence-electron chi connectivity index (χ2n) is 5.44. The molecule has 0 bridgehead atoms. The lowest BCUT2D eigenvalue weighted by Crippen LogP contribution is -2.33. The van der Waals surface area contributed by atoms with Crippen LogP contribution in [0.25, 0.3) is 6.08 Å². The van der Waals surface area contributed by atoms with Crippen molar-refractivity contribution >= 4 is 23.7 Å². The van der Waals surface area contributed by atoms with Gasteiger partial charge in [0.25, 0.3) is 5.69 Å². The predicted molar refractivity (Wildman–Crippen MR) is 91.2 cm³/mol. The van der Waals surface area contributed by atoms with E-state index in [-0.39, 0.29) is 36.0 Å². The molecule has 1 aliphatic heterocycles. The quantitative estimate of drug-likeness (QED) is 0.273. The van der Waals surface area contributed by atoms with Gasteiger partial charge in [0.05, 0.1) is 36.7 Å². The molecule has 0 aliphatic carbocycles. The molecule has 1 aromatic rings. The van der Waals surface area contributed by atoms with Crippen LogP contribution < -0.4 is 9.47 Å². The summed E-state index contributed by atoms with van der Waals surface area (Å²) in [4.78, 5) is 44.9. The Morgan fingerprint density at radius 1 is 1.25 bits per heavy atom. The summed E-state index contributed by atoms with van der Waals surface area (Å²) in [5, 5.41) is 22.6. The van der Waals surface area contributed by atoms with Crippen LogP contribution in [0.1, 0.15) is 18.9 Å². The van der Waals surface area contributed by atoms with E-state index in [4.69, 9.17) is 9.47 Å². The van der Waals surface area contributed by atoms with Gasteiger partial charge >= 0.3 is 18.0 Å². The Kier molecular flexibility index (Phi) is 6.47. The van der Waals surface area contributed by atoms with Gasteiger partial charge in [-0.05, 0) is 19.1 Å². The van der Waals surface area contributed by atoms with E-state index in [1.54, 1.807) is 0 Å². The number of methoxy groups -OCH3 is 1. The van der Waals surface area contributed by atoms with Gasteiger partial charge in [0.15, 0.2) is 11.5 Å². The summed E-state index contributed by atoms with van der Waals surface area (Å²) in [7, 11) is 1.04. The molecule has 0 saturated carbocycles. The average molecular weight is 396 g/mol. The number of rotatable bonds is 8. The molecular formula is C16H16N2O10. The maximum atomic E-state index is 12.1. The molecule has 12 heteroatoms. The first-order valence-electron chi connectivity index (χ1n) is 7.95. The summed E-state index contributed by atoms with van der Waals surface area (Å²) in [6.07, 6.45) is 0.367. The maximum Gasteiger partial charge on any atom is 0.382 e. The Morgan fingerprint density at radius 3 is 2.43 bits per heavy atom. The number of nitrogens with zero attached hydrogens (tertiary/aromatic N) is 2. The van der Waals surface area contributed by atoms with Gasteiger partial charge in [-0.2, -0.15) is 0 Å². The average Bonchev–Trinajstić information content (AvgIpc) is 3.10. The second-order valence-corrected chi connectivity index (χ2v) is 5.44. The Bertz CT molecular complexity index is 848. The number of benzene rings is 1. The van der Waals surface area contributed by atoms with Gasteiger partial charge in [-0.3, -0.25) is 20.2 Å². The van der Waals surface area contributed by atoms with Gasteiger partial charge in [0.1, 0.15) is 0 Å². The second kappa shape index (κ2) is 8.79. The van der Waals surface area contributed by atoms with Crippen LogP contribution in [0.15, 0.2) is 17.7 Å². The van der Waals surface area contributed by atoms with E-state index in [1.165, 1.54) is 13.0 Å². The van der Waals surface area contributed by atoms with Gasteiger partial charge in [-0.25, -0.2) is 9.59 Å². The number of hydrogen-bond acceptors (Lipinski definition) is 10. The number of carbonyl (C=O) groups is 2. The Morgan fingerprint density at radius 2 is 1.89 bits per heavy atom. The first-order valence-corrected chi connectivity index (χ1v) is 7.95. The van der Waals surface area contributed by atoms with Crippen molar-refractivity contribution in [2.75, 3.05) is 20.5 Å². The zero-order valence-corrected chi connectivity index (χ0v) is 14.9. The molecule has 2 rings (SSSR count). The molecule has 0 amide bonds. The number of esters is 2. The minimum atomic E-state index is -1.88. The van der Waals surface area contributed by atoms with Crippen LogP contribution in [-0.4, -0.2) is 48.3 Å². The lowest BCUT2D eigenvalue weighted by Gasteiger charge is -2.11. The van der Waals surface area contributed by atoms with Crippen LogP contribution in [0.5, 0.6) is 11.5 Å². The minimum absolute atomic E-state index is 0.0689. The van der Waals surface area contributed by atoms with Crippen LogP contribution in [0.3, 0.4) is 0 Å². The summed E-state index contributed by atoms with van der Waals surface area (Å²) >= 11 is 0. The minimum Gasteiger partial charge on any atom is -0.466 e.